The van der Waals surface area contributed by atoms with Crippen LogP contribution in [0.2, 0.25) is 0 Å². The SMILES string of the molecule is COc1c2c(cc3c1[C@H](c1ccc4c(c1)OCCO4)CC(=O)O3)/C=C/CCCC(=O)CCC[C@H](C)OC2=O. The molecule has 0 aliphatic carbocycles. The molecule has 3 heterocycles. The van der Waals surface area contributed by atoms with Crippen LogP contribution in [0.5, 0.6) is 23.0 Å². The lowest BCUT2D eigenvalue weighted by molar-refractivity contribution is -0.135. The van der Waals surface area contributed by atoms with Crippen LogP contribution in [0, 0.1) is 0 Å². The minimum absolute atomic E-state index is 0.0805. The summed E-state index contributed by atoms with van der Waals surface area (Å²) < 4.78 is 28.8. The van der Waals surface area contributed by atoms with Gasteiger partial charge in [-0.1, -0.05) is 18.2 Å². The average molecular weight is 521 g/mol. The Kier molecular flexibility index (Phi) is 7.67. The molecule has 0 amide bonds. The van der Waals surface area contributed by atoms with Crippen LogP contribution in [0.4, 0.5) is 0 Å². The first-order chi connectivity index (χ1) is 18.4. The van der Waals surface area contributed by atoms with E-state index < -0.39 is 11.9 Å². The first kappa shape index (κ1) is 25.8. The summed E-state index contributed by atoms with van der Waals surface area (Å²) in [5.74, 6) is 0.850. The topological polar surface area (TPSA) is 97.4 Å². The average Bonchev–Trinajstić information content (AvgIpc) is 2.90. The van der Waals surface area contributed by atoms with E-state index in [9.17, 15) is 14.4 Å². The molecule has 8 nitrogen and oxygen atoms in total. The lowest BCUT2D eigenvalue weighted by Crippen LogP contribution is -2.24. The molecule has 2 aromatic rings. The second-order valence-electron chi connectivity index (χ2n) is 9.86. The fourth-order valence-corrected chi connectivity index (χ4v) is 5.27. The van der Waals surface area contributed by atoms with E-state index in [-0.39, 0.29) is 24.3 Å². The number of ketones is 1. The number of benzene rings is 2. The van der Waals surface area contributed by atoms with Gasteiger partial charge in [0.25, 0.3) is 0 Å². The number of Topliss-reactive ketones (excluding diaryl/α,β-unsaturated/α-hetero) is 1. The van der Waals surface area contributed by atoms with Crippen LogP contribution in [0.25, 0.3) is 6.08 Å². The Hall–Kier alpha value is -3.81. The van der Waals surface area contributed by atoms with E-state index >= 15 is 0 Å². The number of hydrogen-bond donors (Lipinski definition) is 0. The van der Waals surface area contributed by atoms with Gasteiger partial charge in [0.1, 0.15) is 36.1 Å². The van der Waals surface area contributed by atoms with E-state index in [1.807, 2.05) is 37.3 Å². The van der Waals surface area contributed by atoms with Crippen molar-refractivity contribution in [1.82, 2.24) is 0 Å². The first-order valence-corrected chi connectivity index (χ1v) is 13.2. The van der Waals surface area contributed by atoms with Gasteiger partial charge in [0.2, 0.25) is 0 Å². The minimum Gasteiger partial charge on any atom is -0.495 e. The number of methoxy groups -OCH3 is 1. The second-order valence-corrected chi connectivity index (χ2v) is 9.86. The Balaban J connectivity index is 1.62. The van der Waals surface area contributed by atoms with Crippen LogP contribution in [0.1, 0.15) is 84.8 Å². The highest BCUT2D eigenvalue weighted by atomic mass is 16.6. The molecule has 0 bridgehead atoms. The Morgan fingerprint density at radius 3 is 2.55 bits per heavy atom. The number of rotatable bonds is 2. The van der Waals surface area contributed by atoms with Crippen molar-refractivity contribution in [2.24, 2.45) is 0 Å². The maximum atomic E-state index is 13.6. The molecule has 3 aliphatic rings. The summed E-state index contributed by atoms with van der Waals surface area (Å²) in [5.41, 5.74) is 2.28. The maximum absolute atomic E-state index is 13.6. The number of cyclic esters (lactones) is 1. The Morgan fingerprint density at radius 2 is 1.74 bits per heavy atom. The summed E-state index contributed by atoms with van der Waals surface area (Å²) in [4.78, 5) is 38.4. The quantitative estimate of drug-likeness (QED) is 0.384. The van der Waals surface area contributed by atoms with Crippen LogP contribution < -0.4 is 18.9 Å². The molecule has 8 heteroatoms. The fourth-order valence-electron chi connectivity index (χ4n) is 5.27. The van der Waals surface area contributed by atoms with Crippen molar-refractivity contribution >= 4 is 23.8 Å². The van der Waals surface area contributed by atoms with E-state index in [0.29, 0.717) is 85.0 Å². The van der Waals surface area contributed by atoms with Gasteiger partial charge in [0.05, 0.1) is 19.6 Å². The molecular weight excluding hydrogens is 488 g/mol. The highest BCUT2D eigenvalue weighted by Crippen LogP contribution is 2.48. The van der Waals surface area contributed by atoms with Gasteiger partial charge in [-0.25, -0.2) is 4.79 Å². The number of carbonyl (C=O) groups is 3. The molecule has 3 aliphatic heterocycles. The van der Waals surface area contributed by atoms with Crippen LogP contribution in [0.3, 0.4) is 0 Å². The predicted molar refractivity (Wildman–Crippen MR) is 139 cm³/mol. The first-order valence-electron chi connectivity index (χ1n) is 13.2. The van der Waals surface area contributed by atoms with Crippen LogP contribution in [0.15, 0.2) is 30.3 Å². The Labute approximate surface area is 221 Å². The van der Waals surface area contributed by atoms with Crippen LogP contribution in [-0.2, 0) is 14.3 Å². The molecule has 0 N–H and O–H groups in total. The van der Waals surface area contributed by atoms with Gasteiger partial charge < -0.3 is 23.7 Å². The molecule has 2 aromatic carbocycles. The number of ether oxygens (including phenoxy) is 5. The van der Waals surface area contributed by atoms with Gasteiger partial charge in [-0.3, -0.25) is 9.59 Å². The van der Waals surface area contributed by atoms with Crippen molar-refractivity contribution in [3.63, 3.8) is 0 Å². The van der Waals surface area contributed by atoms with Crippen LogP contribution in [-0.4, -0.2) is 44.1 Å². The molecule has 0 saturated heterocycles. The largest absolute Gasteiger partial charge is 0.495 e. The summed E-state index contributed by atoms with van der Waals surface area (Å²) in [6.45, 7) is 2.75. The normalized spacial score (nSPS) is 22.7. The van der Waals surface area contributed by atoms with Gasteiger partial charge in [0.15, 0.2) is 11.5 Å². The monoisotopic (exact) mass is 520 g/mol. The van der Waals surface area contributed by atoms with Crippen molar-refractivity contribution in [3.05, 3.63) is 52.6 Å². The minimum atomic E-state index is -0.516. The van der Waals surface area contributed by atoms with Gasteiger partial charge in [-0.05, 0) is 61.9 Å². The number of hydrogen-bond acceptors (Lipinski definition) is 8. The standard InChI is InChI=1S/C30H32O8/c1-18-7-6-10-21(31)9-5-3-4-8-20-16-25-28(29(34-2)27(20)30(33)37-18)22(17-26(32)38-25)19-11-12-23-24(15-19)36-14-13-35-23/h4,8,11-12,15-16,18,22H,3,5-7,9-10,13-14,17H2,1-2H3/b8-4+/t18-,22-/m0/s1. The molecule has 200 valence electrons. The molecular formula is C30H32O8. The van der Waals surface area contributed by atoms with Gasteiger partial charge in [-0.15, -0.1) is 0 Å². The molecule has 0 spiro atoms. The maximum Gasteiger partial charge on any atom is 0.342 e. The van der Waals surface area contributed by atoms with E-state index in [0.717, 1.165) is 12.0 Å². The molecule has 38 heavy (non-hydrogen) atoms. The predicted octanol–water partition coefficient (Wildman–Crippen LogP) is 5.39. The number of fused-ring (bicyclic) bond motifs is 3. The van der Waals surface area contributed by atoms with Crippen molar-refractivity contribution in [2.75, 3.05) is 20.3 Å². The van der Waals surface area contributed by atoms with E-state index in [1.54, 1.807) is 6.07 Å². The van der Waals surface area contributed by atoms with Gasteiger partial charge in [0, 0.05) is 24.3 Å². The van der Waals surface area contributed by atoms with Crippen LogP contribution >= 0.6 is 0 Å². The van der Waals surface area contributed by atoms with Gasteiger partial charge in [-0.2, -0.15) is 0 Å². The fraction of sp³-hybridized carbons (Fsp3) is 0.433. The van der Waals surface area contributed by atoms with E-state index in [1.165, 1.54) is 7.11 Å². The van der Waals surface area contributed by atoms with Crippen molar-refractivity contribution in [2.45, 2.75) is 63.9 Å². The molecule has 0 unspecified atom stereocenters. The second kappa shape index (κ2) is 11.3. The summed E-state index contributed by atoms with van der Waals surface area (Å²) >= 11 is 0. The highest BCUT2D eigenvalue weighted by Gasteiger charge is 2.36. The molecule has 5 rings (SSSR count). The lowest BCUT2D eigenvalue weighted by Gasteiger charge is -2.29. The van der Waals surface area contributed by atoms with E-state index in [2.05, 4.69) is 0 Å². The smallest absolute Gasteiger partial charge is 0.342 e. The number of esters is 2. The molecule has 0 fully saturated rings. The third kappa shape index (κ3) is 5.39. The molecule has 0 radical (unpaired) electrons. The van der Waals surface area contributed by atoms with Crippen molar-refractivity contribution in [1.29, 1.82) is 0 Å². The molecule has 0 aromatic heterocycles. The molecule has 2 atom stereocenters. The highest BCUT2D eigenvalue weighted by molar-refractivity contribution is 5.99. The summed E-state index contributed by atoms with van der Waals surface area (Å²) in [6, 6.07) is 7.30. The summed E-state index contributed by atoms with van der Waals surface area (Å²) in [6.07, 6.45) is 7.11. The summed E-state index contributed by atoms with van der Waals surface area (Å²) in [7, 11) is 1.50. The Morgan fingerprint density at radius 1 is 0.947 bits per heavy atom. The van der Waals surface area contributed by atoms with Crippen molar-refractivity contribution < 1.29 is 38.1 Å². The lowest BCUT2D eigenvalue weighted by atomic mass is 9.83. The number of allylic oxidation sites excluding steroid dienone is 1. The van der Waals surface area contributed by atoms with Gasteiger partial charge >= 0.3 is 11.9 Å². The van der Waals surface area contributed by atoms with E-state index in [4.69, 9.17) is 23.7 Å². The summed E-state index contributed by atoms with van der Waals surface area (Å²) in [5, 5.41) is 0. The zero-order valence-electron chi connectivity index (χ0n) is 21.7. The third-order valence-corrected chi connectivity index (χ3v) is 7.13. The zero-order valence-corrected chi connectivity index (χ0v) is 21.7. The van der Waals surface area contributed by atoms with Crippen molar-refractivity contribution in [3.8, 4) is 23.0 Å². The third-order valence-electron chi connectivity index (χ3n) is 7.13. The molecule has 0 saturated carbocycles. The Bertz CT molecular complexity index is 1280. The number of carbonyl (C=O) groups excluding carboxylic acids is 3. The zero-order chi connectivity index (χ0) is 26.6.